The van der Waals surface area contributed by atoms with Crippen LogP contribution in [0.25, 0.3) is 163 Å². The smallest absolute Gasteiger partial charge is 0.423 e. The fourth-order valence-electron chi connectivity index (χ4n) is 14.4. The first-order valence-electron chi connectivity index (χ1n) is 31.3. The van der Waals surface area contributed by atoms with Crippen LogP contribution in [0.4, 0.5) is 0 Å². The van der Waals surface area contributed by atoms with Crippen LogP contribution in [0, 0.1) is 3.57 Å². The van der Waals surface area contributed by atoms with Crippen molar-refractivity contribution in [3.05, 3.63) is 343 Å². The molecule has 0 radical (unpaired) electrons. The Morgan fingerprint density at radius 1 is 0.196 bits per heavy atom. The lowest BCUT2D eigenvalue weighted by Crippen LogP contribution is -2.31. The van der Waals surface area contributed by atoms with E-state index in [1.165, 1.54) is 134 Å². The summed E-state index contributed by atoms with van der Waals surface area (Å²) in [7, 11) is -1.55. The predicted octanol–water partition coefficient (Wildman–Crippen LogP) is 23.2. The summed E-state index contributed by atoms with van der Waals surface area (Å²) in [5.41, 5.74) is 12.8. The molecule has 0 unspecified atom stereocenters. The fourth-order valence-corrected chi connectivity index (χ4v) is 14.9. The van der Waals surface area contributed by atoms with E-state index in [1.54, 1.807) is 0 Å². The molecule has 0 aliphatic heterocycles. The average Bonchev–Trinajstić information content (AvgIpc) is 0.736. The molecule has 0 bridgehead atoms. The first kappa shape index (κ1) is 56.5. The summed E-state index contributed by atoms with van der Waals surface area (Å²) in [5.74, 6) is 0. The molecular formula is C88H58BIO2. The van der Waals surface area contributed by atoms with Crippen LogP contribution in [0.2, 0.25) is 0 Å². The topological polar surface area (TPSA) is 40.5 Å². The van der Waals surface area contributed by atoms with Crippen LogP contribution in [0.1, 0.15) is 0 Å². The molecular weight excluding hydrogens is 1230 g/mol. The SMILES string of the molecule is Ic1ccc2c(ccc3ccccc32)c1.OB(O)c1c2ccccc2c(-c2ccc(-c3ccccc3)c3ccccc23)c2ccccc12.c1ccc(-c2ccc(-c3c4ccccc4c(-c4ccc5c(ccc6ccccc65)c4)c4ccccc34)c3ccccc23)cc1. The van der Waals surface area contributed by atoms with E-state index in [2.05, 4.69) is 320 Å². The molecule has 0 fully saturated rings. The van der Waals surface area contributed by atoms with Crippen LogP contribution in [0.5, 0.6) is 0 Å². The molecule has 432 valence electrons. The molecule has 0 aliphatic rings. The van der Waals surface area contributed by atoms with E-state index in [4.69, 9.17) is 0 Å². The number of hydrogen-bond acceptors (Lipinski definition) is 2. The number of halogens is 1. The molecule has 0 atom stereocenters. The lowest BCUT2D eigenvalue weighted by molar-refractivity contribution is 0.426. The van der Waals surface area contributed by atoms with Crippen molar-refractivity contribution in [1.82, 2.24) is 0 Å². The van der Waals surface area contributed by atoms with Crippen LogP contribution in [0.15, 0.2) is 340 Å². The Hall–Kier alpha value is -10.7. The van der Waals surface area contributed by atoms with Gasteiger partial charge in [0.15, 0.2) is 0 Å². The largest absolute Gasteiger partial charge is 0.489 e. The Bertz CT molecular complexity index is 5770. The molecule has 0 spiro atoms. The molecule has 18 aromatic rings. The summed E-state index contributed by atoms with van der Waals surface area (Å²) in [5, 5.41) is 44.7. The Balaban J connectivity index is 0.000000123. The van der Waals surface area contributed by atoms with Crippen molar-refractivity contribution in [2.24, 2.45) is 0 Å². The van der Waals surface area contributed by atoms with E-state index < -0.39 is 7.12 Å². The summed E-state index contributed by atoms with van der Waals surface area (Å²) < 4.78 is 1.29. The highest BCUT2D eigenvalue weighted by Gasteiger charge is 2.24. The molecule has 0 heterocycles. The average molecular weight is 1290 g/mol. The highest BCUT2D eigenvalue weighted by molar-refractivity contribution is 14.1. The van der Waals surface area contributed by atoms with E-state index in [0.717, 1.165) is 32.7 Å². The van der Waals surface area contributed by atoms with Crippen LogP contribution >= 0.6 is 22.6 Å². The molecule has 0 saturated heterocycles. The van der Waals surface area contributed by atoms with Gasteiger partial charge in [-0.3, -0.25) is 0 Å². The minimum atomic E-state index is -1.55. The molecule has 0 amide bonds. The first-order valence-corrected chi connectivity index (χ1v) is 32.4. The maximum absolute atomic E-state index is 10.3. The van der Waals surface area contributed by atoms with Gasteiger partial charge >= 0.3 is 7.12 Å². The lowest BCUT2D eigenvalue weighted by atomic mass is 9.72. The Morgan fingerprint density at radius 2 is 0.489 bits per heavy atom. The third-order valence-corrected chi connectivity index (χ3v) is 19.1. The Morgan fingerprint density at radius 3 is 0.913 bits per heavy atom. The number of fused-ring (bicyclic) bond motifs is 12. The lowest BCUT2D eigenvalue weighted by Gasteiger charge is -2.20. The van der Waals surface area contributed by atoms with Crippen LogP contribution in [0.3, 0.4) is 0 Å². The van der Waals surface area contributed by atoms with Gasteiger partial charge in [-0.15, -0.1) is 0 Å². The van der Waals surface area contributed by atoms with Gasteiger partial charge in [-0.25, -0.2) is 0 Å². The summed E-state index contributed by atoms with van der Waals surface area (Å²) in [4.78, 5) is 0. The summed E-state index contributed by atoms with van der Waals surface area (Å²) >= 11 is 2.35. The predicted molar refractivity (Wildman–Crippen MR) is 404 cm³/mol. The Labute approximate surface area is 547 Å². The second-order valence-corrected chi connectivity index (χ2v) is 24.9. The van der Waals surface area contributed by atoms with Crippen molar-refractivity contribution in [2.75, 3.05) is 0 Å². The standard InChI is InChI=1S/C44H28.C30H21BO2.C14H9I/c1-2-12-29(13-3-1)34-26-27-42(37-17-7-6-16-36(34)37)44-40-20-10-8-18-38(40)43(39-19-9-11-21-41(39)44)32-24-25-35-31(28-32)23-22-30-14-4-5-15-33(30)35;32-31(33)30-27-16-8-6-14-24(27)29(25-15-7-9-17-28(25)30)26-19-18-21(20-10-2-1-3-11-20)22-12-4-5-13-23(22)26;15-12-7-8-14-11(9-12)6-5-10-3-1-2-4-13(10)14/h1-28H;1-19,32-33H;1-9H. The quantitative estimate of drug-likeness (QED) is 0.0754. The third kappa shape index (κ3) is 10.1. The molecule has 2 N–H and O–H groups in total. The van der Waals surface area contributed by atoms with E-state index >= 15 is 0 Å². The maximum Gasteiger partial charge on any atom is 0.489 e. The molecule has 0 aromatic heterocycles. The number of benzene rings is 18. The molecule has 92 heavy (non-hydrogen) atoms. The fraction of sp³-hybridized carbons (Fsp3) is 0. The second-order valence-electron chi connectivity index (χ2n) is 23.6. The Kier molecular flexibility index (Phi) is 14.9. The van der Waals surface area contributed by atoms with Gasteiger partial charge in [-0.1, -0.05) is 322 Å². The molecule has 2 nitrogen and oxygen atoms in total. The van der Waals surface area contributed by atoms with Gasteiger partial charge in [-0.05, 0) is 210 Å². The highest BCUT2D eigenvalue weighted by atomic mass is 127. The van der Waals surface area contributed by atoms with Gasteiger partial charge in [0.05, 0.1) is 0 Å². The molecule has 0 aliphatic carbocycles. The van der Waals surface area contributed by atoms with E-state index in [0.29, 0.717) is 5.46 Å². The molecule has 4 heteroatoms. The summed E-state index contributed by atoms with van der Waals surface area (Å²) in [6.45, 7) is 0. The zero-order valence-electron chi connectivity index (χ0n) is 50.2. The van der Waals surface area contributed by atoms with Gasteiger partial charge in [-0.2, -0.15) is 0 Å². The van der Waals surface area contributed by atoms with Gasteiger partial charge < -0.3 is 10.0 Å². The van der Waals surface area contributed by atoms with Gasteiger partial charge in [0.1, 0.15) is 0 Å². The van der Waals surface area contributed by atoms with Crippen molar-refractivity contribution >= 4 is 143 Å². The number of hydrogen-bond donors (Lipinski definition) is 2. The number of rotatable bonds is 6. The van der Waals surface area contributed by atoms with Crippen molar-refractivity contribution in [3.8, 4) is 55.6 Å². The van der Waals surface area contributed by atoms with Gasteiger partial charge in [0.2, 0.25) is 0 Å². The van der Waals surface area contributed by atoms with Crippen molar-refractivity contribution < 1.29 is 10.0 Å². The highest BCUT2D eigenvalue weighted by Crippen LogP contribution is 2.48. The zero-order chi connectivity index (χ0) is 61.7. The van der Waals surface area contributed by atoms with Crippen molar-refractivity contribution in [2.45, 2.75) is 0 Å². The minimum absolute atomic E-state index is 0.551. The minimum Gasteiger partial charge on any atom is -0.423 e. The van der Waals surface area contributed by atoms with Crippen LogP contribution in [-0.4, -0.2) is 17.2 Å². The normalized spacial score (nSPS) is 11.4. The van der Waals surface area contributed by atoms with E-state index in [-0.39, 0.29) is 0 Å². The summed E-state index contributed by atoms with van der Waals surface area (Å²) in [6.07, 6.45) is 0. The first-order chi connectivity index (χ1) is 45.4. The second kappa shape index (κ2) is 24.2. The van der Waals surface area contributed by atoms with Crippen LogP contribution < -0.4 is 5.46 Å². The van der Waals surface area contributed by atoms with Gasteiger partial charge in [0, 0.05) is 3.57 Å². The molecule has 18 rings (SSSR count). The monoisotopic (exact) mass is 1280 g/mol. The van der Waals surface area contributed by atoms with Crippen molar-refractivity contribution in [1.29, 1.82) is 0 Å². The van der Waals surface area contributed by atoms with Gasteiger partial charge in [0.25, 0.3) is 0 Å². The third-order valence-electron chi connectivity index (χ3n) is 18.5. The van der Waals surface area contributed by atoms with E-state index in [9.17, 15) is 10.0 Å². The van der Waals surface area contributed by atoms with E-state index in [1.807, 2.05) is 42.5 Å². The van der Waals surface area contributed by atoms with Crippen LogP contribution in [-0.2, 0) is 0 Å². The van der Waals surface area contributed by atoms with Crippen molar-refractivity contribution in [3.63, 3.8) is 0 Å². The summed E-state index contributed by atoms with van der Waals surface area (Å²) in [6, 6.07) is 121. The zero-order valence-corrected chi connectivity index (χ0v) is 52.3. The molecule has 18 aromatic carbocycles. The molecule has 0 saturated carbocycles. The maximum atomic E-state index is 10.3.